The van der Waals surface area contributed by atoms with Crippen molar-refractivity contribution in [2.75, 3.05) is 5.73 Å². The quantitative estimate of drug-likeness (QED) is 0.803. The van der Waals surface area contributed by atoms with Crippen LogP contribution in [0.3, 0.4) is 0 Å². The molecule has 2 aromatic rings. The molecule has 0 aliphatic rings. The molecular formula is C13H8N4O. The Hall–Kier alpha value is -3.05. The van der Waals surface area contributed by atoms with Crippen LogP contribution in [0, 0.1) is 22.7 Å². The predicted octanol–water partition coefficient (Wildman–Crippen LogP) is 1.16. The normalized spacial score (nSPS) is 9.44. The molecule has 0 unspecified atom stereocenters. The summed E-state index contributed by atoms with van der Waals surface area (Å²) in [6.45, 7) is 0. The average Bonchev–Trinajstić information content (AvgIpc) is 2.40. The maximum absolute atomic E-state index is 12.0. The van der Waals surface area contributed by atoms with Crippen LogP contribution in [0.15, 0.2) is 41.2 Å². The van der Waals surface area contributed by atoms with Gasteiger partial charge in [-0.3, -0.25) is 9.36 Å². The molecule has 0 atom stereocenters. The lowest BCUT2D eigenvalue weighted by atomic mass is 10.2. The van der Waals surface area contributed by atoms with Crippen LogP contribution >= 0.6 is 0 Å². The molecule has 0 spiro atoms. The first-order chi connectivity index (χ1) is 8.69. The second kappa shape index (κ2) is 4.44. The van der Waals surface area contributed by atoms with Gasteiger partial charge >= 0.3 is 0 Å². The highest BCUT2D eigenvalue weighted by atomic mass is 16.1. The van der Waals surface area contributed by atoms with Gasteiger partial charge in [0, 0.05) is 0 Å². The fourth-order valence-corrected chi connectivity index (χ4v) is 1.63. The lowest BCUT2D eigenvalue weighted by Gasteiger charge is -2.10. The Labute approximate surface area is 103 Å². The van der Waals surface area contributed by atoms with Crippen LogP contribution in [0.2, 0.25) is 0 Å². The van der Waals surface area contributed by atoms with Crippen molar-refractivity contribution in [2.24, 2.45) is 0 Å². The summed E-state index contributed by atoms with van der Waals surface area (Å²) in [5, 5.41) is 17.8. The van der Waals surface area contributed by atoms with Crippen LogP contribution in [0.5, 0.6) is 0 Å². The van der Waals surface area contributed by atoms with Gasteiger partial charge in [-0.25, -0.2) is 0 Å². The lowest BCUT2D eigenvalue weighted by Crippen LogP contribution is -2.24. The first-order valence-electron chi connectivity index (χ1n) is 5.10. The molecule has 18 heavy (non-hydrogen) atoms. The zero-order valence-electron chi connectivity index (χ0n) is 9.29. The minimum atomic E-state index is -0.528. The van der Waals surface area contributed by atoms with Gasteiger partial charge < -0.3 is 5.73 Å². The molecule has 0 amide bonds. The third-order valence-corrected chi connectivity index (χ3v) is 2.49. The Kier molecular flexibility index (Phi) is 2.82. The molecule has 0 bridgehead atoms. The minimum Gasteiger partial charge on any atom is -0.384 e. The van der Waals surface area contributed by atoms with Crippen molar-refractivity contribution < 1.29 is 0 Å². The largest absolute Gasteiger partial charge is 0.384 e. The predicted molar refractivity (Wildman–Crippen MR) is 65.9 cm³/mol. The summed E-state index contributed by atoms with van der Waals surface area (Å²) in [5.41, 5.74) is 5.78. The molecule has 0 radical (unpaired) electrons. The molecule has 2 N–H and O–H groups in total. The number of nitrogen functional groups attached to an aromatic ring is 1. The van der Waals surface area contributed by atoms with Gasteiger partial charge in [0.05, 0.1) is 11.3 Å². The summed E-state index contributed by atoms with van der Waals surface area (Å²) in [5.74, 6) is 0.0349. The van der Waals surface area contributed by atoms with Crippen molar-refractivity contribution in [3.8, 4) is 17.8 Å². The fraction of sp³-hybridized carbons (Fsp3) is 0. The van der Waals surface area contributed by atoms with Crippen molar-refractivity contribution in [2.45, 2.75) is 0 Å². The van der Waals surface area contributed by atoms with E-state index in [0.29, 0.717) is 5.69 Å². The SMILES string of the molecule is N#Cc1cc(C#N)c(=O)n(-c2ccccc2)c1N. The van der Waals surface area contributed by atoms with Crippen molar-refractivity contribution in [1.82, 2.24) is 4.57 Å². The zero-order chi connectivity index (χ0) is 13.1. The Bertz CT molecular complexity index is 733. The standard InChI is InChI=1S/C13H8N4O/c14-7-9-6-10(8-15)13(18)17(12(9)16)11-4-2-1-3-5-11/h1-6H,16H2. The highest BCUT2D eigenvalue weighted by molar-refractivity contribution is 5.56. The second-order valence-corrected chi connectivity index (χ2v) is 3.56. The number of para-hydroxylation sites is 1. The van der Waals surface area contributed by atoms with E-state index < -0.39 is 5.56 Å². The van der Waals surface area contributed by atoms with E-state index in [2.05, 4.69) is 0 Å². The zero-order valence-corrected chi connectivity index (χ0v) is 9.29. The number of anilines is 1. The number of benzene rings is 1. The van der Waals surface area contributed by atoms with Crippen molar-refractivity contribution in [3.63, 3.8) is 0 Å². The van der Waals surface area contributed by atoms with Gasteiger partial charge in [-0.1, -0.05) is 18.2 Å². The number of rotatable bonds is 1. The van der Waals surface area contributed by atoms with Crippen LogP contribution < -0.4 is 11.3 Å². The summed E-state index contributed by atoms with van der Waals surface area (Å²) in [6.07, 6.45) is 0. The van der Waals surface area contributed by atoms with Crippen molar-refractivity contribution >= 4 is 5.82 Å². The van der Waals surface area contributed by atoms with Crippen LogP contribution in [-0.2, 0) is 0 Å². The molecule has 86 valence electrons. The smallest absolute Gasteiger partial charge is 0.274 e. The number of nitrogens with zero attached hydrogens (tertiary/aromatic N) is 3. The number of nitrogens with two attached hydrogens (primary N) is 1. The Morgan fingerprint density at radius 1 is 1.06 bits per heavy atom. The topological polar surface area (TPSA) is 95.6 Å². The third-order valence-electron chi connectivity index (χ3n) is 2.49. The van der Waals surface area contributed by atoms with Gasteiger partial charge in [0.2, 0.25) is 0 Å². The summed E-state index contributed by atoms with van der Waals surface area (Å²) in [6, 6.07) is 13.5. The first-order valence-corrected chi connectivity index (χ1v) is 5.10. The van der Waals surface area contributed by atoms with E-state index in [1.807, 2.05) is 6.07 Å². The molecule has 1 aromatic heterocycles. The van der Waals surface area contributed by atoms with Crippen molar-refractivity contribution in [3.05, 3.63) is 57.9 Å². The van der Waals surface area contributed by atoms with Crippen LogP contribution in [-0.4, -0.2) is 4.57 Å². The van der Waals surface area contributed by atoms with Gasteiger partial charge in [0.15, 0.2) is 0 Å². The second-order valence-electron chi connectivity index (χ2n) is 3.56. The highest BCUT2D eigenvalue weighted by Gasteiger charge is 2.13. The molecule has 1 aromatic carbocycles. The summed E-state index contributed by atoms with van der Waals surface area (Å²) >= 11 is 0. The molecule has 2 rings (SSSR count). The van der Waals surface area contributed by atoms with Crippen LogP contribution in [0.4, 0.5) is 5.82 Å². The highest BCUT2D eigenvalue weighted by Crippen LogP contribution is 2.15. The van der Waals surface area contributed by atoms with Crippen LogP contribution in [0.1, 0.15) is 11.1 Å². The van der Waals surface area contributed by atoms with Crippen LogP contribution in [0.25, 0.3) is 5.69 Å². The number of pyridine rings is 1. The maximum atomic E-state index is 12.0. The molecular weight excluding hydrogens is 228 g/mol. The first kappa shape index (κ1) is 11.4. The monoisotopic (exact) mass is 236 g/mol. The van der Waals surface area contributed by atoms with E-state index in [1.54, 1.807) is 36.4 Å². The Balaban J connectivity index is 2.88. The van der Waals surface area contributed by atoms with E-state index in [-0.39, 0.29) is 16.9 Å². The average molecular weight is 236 g/mol. The van der Waals surface area contributed by atoms with E-state index in [9.17, 15) is 4.79 Å². The third kappa shape index (κ3) is 1.70. The van der Waals surface area contributed by atoms with Gasteiger partial charge in [-0.05, 0) is 18.2 Å². The molecule has 5 nitrogen and oxygen atoms in total. The summed E-state index contributed by atoms with van der Waals surface area (Å²) in [4.78, 5) is 12.0. The van der Waals surface area contributed by atoms with E-state index in [1.165, 1.54) is 6.07 Å². The summed E-state index contributed by atoms with van der Waals surface area (Å²) in [7, 11) is 0. The van der Waals surface area contributed by atoms with Gasteiger partial charge in [-0.15, -0.1) is 0 Å². The molecule has 0 saturated carbocycles. The number of hydrogen-bond donors (Lipinski definition) is 1. The fourth-order valence-electron chi connectivity index (χ4n) is 1.63. The maximum Gasteiger partial charge on any atom is 0.274 e. The minimum absolute atomic E-state index is 0.0349. The van der Waals surface area contributed by atoms with Crippen molar-refractivity contribution in [1.29, 1.82) is 10.5 Å². The lowest BCUT2D eigenvalue weighted by molar-refractivity contribution is 0.991. The molecule has 0 fully saturated rings. The molecule has 1 heterocycles. The Morgan fingerprint density at radius 3 is 2.22 bits per heavy atom. The molecule has 0 aliphatic carbocycles. The Morgan fingerprint density at radius 2 is 1.67 bits per heavy atom. The van der Waals surface area contributed by atoms with Gasteiger partial charge in [-0.2, -0.15) is 10.5 Å². The number of aromatic nitrogens is 1. The summed E-state index contributed by atoms with van der Waals surface area (Å²) < 4.78 is 1.16. The van der Waals surface area contributed by atoms with E-state index in [4.69, 9.17) is 16.3 Å². The number of nitriles is 2. The van der Waals surface area contributed by atoms with E-state index >= 15 is 0 Å². The molecule has 0 aliphatic heterocycles. The molecule has 5 heteroatoms. The van der Waals surface area contributed by atoms with Gasteiger partial charge in [0.1, 0.15) is 23.5 Å². The number of hydrogen-bond acceptors (Lipinski definition) is 4. The molecule has 0 saturated heterocycles. The van der Waals surface area contributed by atoms with E-state index in [0.717, 1.165) is 4.57 Å². The van der Waals surface area contributed by atoms with Gasteiger partial charge in [0.25, 0.3) is 5.56 Å².